The molecule has 0 aliphatic carbocycles. The Balaban J connectivity index is 1.94. The second-order valence-electron chi connectivity index (χ2n) is 5.97. The summed E-state index contributed by atoms with van der Waals surface area (Å²) in [4.78, 5) is 0. The van der Waals surface area contributed by atoms with Crippen LogP contribution in [-0.2, 0) is 10.7 Å². The molecule has 3 aromatic carbocycles. The molecule has 0 spiro atoms. The van der Waals surface area contributed by atoms with Crippen LogP contribution in [0.5, 0.6) is 11.5 Å². The number of hydrogen-bond acceptors (Lipinski definition) is 3. The van der Waals surface area contributed by atoms with Crippen molar-refractivity contribution in [2.75, 3.05) is 0 Å². The molecule has 0 fully saturated rings. The van der Waals surface area contributed by atoms with E-state index in [1.54, 1.807) is 0 Å². The Morgan fingerprint density at radius 2 is 1.12 bits per heavy atom. The zero-order chi connectivity index (χ0) is 17.7. The van der Waals surface area contributed by atoms with Gasteiger partial charge in [0, 0.05) is 0 Å². The largest absolute Gasteiger partial charge is 0.435 e. The molecule has 3 rings (SSSR count). The van der Waals surface area contributed by atoms with Gasteiger partial charge in [-0.2, -0.15) is 0 Å². The lowest BCUT2D eigenvalue weighted by Crippen LogP contribution is -2.05. The van der Waals surface area contributed by atoms with Crippen LogP contribution in [-0.4, -0.2) is 0 Å². The highest BCUT2D eigenvalue weighted by molar-refractivity contribution is 7.53. The van der Waals surface area contributed by atoms with Gasteiger partial charge in [-0.15, -0.1) is 0 Å². The Bertz CT molecular complexity index is 839. The molecule has 3 aromatic rings. The van der Waals surface area contributed by atoms with Gasteiger partial charge in [0.15, 0.2) is 0 Å². The second kappa shape index (κ2) is 7.58. The Morgan fingerprint density at radius 1 is 0.680 bits per heavy atom. The normalized spacial score (nSPS) is 11.1. The predicted molar refractivity (Wildman–Crippen MR) is 101 cm³/mol. The minimum Gasteiger partial charge on any atom is -0.416 e. The molecule has 0 atom stereocenters. The zero-order valence-corrected chi connectivity index (χ0v) is 15.3. The molecule has 0 heterocycles. The van der Waals surface area contributed by atoms with Crippen molar-refractivity contribution in [3.63, 3.8) is 0 Å². The first-order valence-electron chi connectivity index (χ1n) is 8.19. The molecule has 3 nitrogen and oxygen atoms in total. The molecule has 0 N–H and O–H groups in total. The summed E-state index contributed by atoms with van der Waals surface area (Å²) >= 11 is 0. The van der Waals surface area contributed by atoms with Gasteiger partial charge in [0.1, 0.15) is 11.5 Å². The van der Waals surface area contributed by atoms with Gasteiger partial charge in [-0.05, 0) is 42.7 Å². The van der Waals surface area contributed by atoms with Crippen LogP contribution in [0.1, 0.15) is 16.7 Å². The Kier molecular flexibility index (Phi) is 5.25. The molecule has 0 bridgehead atoms. The monoisotopic (exact) mass is 352 g/mol. The maximum atomic E-state index is 13.6. The van der Waals surface area contributed by atoms with Crippen molar-refractivity contribution in [3.8, 4) is 11.5 Å². The van der Waals surface area contributed by atoms with E-state index in [1.807, 2.05) is 92.7 Å². The third kappa shape index (κ3) is 4.52. The zero-order valence-electron chi connectivity index (χ0n) is 14.4. The molecule has 0 saturated heterocycles. The molecule has 0 radical (unpaired) electrons. The molecule has 0 unspecified atom stereocenters. The Morgan fingerprint density at radius 3 is 1.60 bits per heavy atom. The highest BCUT2D eigenvalue weighted by Crippen LogP contribution is 2.52. The van der Waals surface area contributed by atoms with E-state index in [1.165, 1.54) is 0 Å². The van der Waals surface area contributed by atoms with Gasteiger partial charge in [0.05, 0.1) is 6.16 Å². The van der Waals surface area contributed by atoms with Crippen molar-refractivity contribution >= 4 is 7.60 Å². The van der Waals surface area contributed by atoms with E-state index >= 15 is 0 Å². The predicted octanol–water partition coefficient (Wildman–Crippen LogP) is 6.15. The van der Waals surface area contributed by atoms with Gasteiger partial charge in [0.25, 0.3) is 0 Å². The first-order chi connectivity index (χ1) is 12.1. The summed E-state index contributed by atoms with van der Waals surface area (Å²) in [6.45, 7) is 3.85. The van der Waals surface area contributed by atoms with E-state index in [2.05, 4.69) is 0 Å². The van der Waals surface area contributed by atoms with Crippen LogP contribution < -0.4 is 9.05 Å². The minimum absolute atomic E-state index is 0.205. The third-order valence-electron chi connectivity index (χ3n) is 3.88. The first kappa shape index (κ1) is 17.3. The summed E-state index contributed by atoms with van der Waals surface area (Å²) < 4.78 is 25.4. The van der Waals surface area contributed by atoms with Gasteiger partial charge in [-0.1, -0.05) is 66.7 Å². The van der Waals surface area contributed by atoms with E-state index in [0.29, 0.717) is 11.5 Å². The maximum absolute atomic E-state index is 13.6. The third-order valence-corrected chi connectivity index (χ3v) is 5.58. The van der Waals surface area contributed by atoms with Crippen LogP contribution >= 0.6 is 7.60 Å². The summed E-state index contributed by atoms with van der Waals surface area (Å²) in [5.41, 5.74) is 2.75. The lowest BCUT2D eigenvalue weighted by Gasteiger charge is -2.22. The molecule has 128 valence electrons. The number of rotatable bonds is 6. The number of hydrogen-bond donors (Lipinski definition) is 0. The second-order valence-corrected chi connectivity index (χ2v) is 7.87. The minimum atomic E-state index is -3.44. The van der Waals surface area contributed by atoms with Crippen molar-refractivity contribution in [2.24, 2.45) is 0 Å². The molecule has 4 heteroatoms. The number of aryl methyl sites for hydroxylation is 2. The van der Waals surface area contributed by atoms with Crippen LogP contribution in [0, 0.1) is 13.8 Å². The summed E-state index contributed by atoms with van der Waals surface area (Å²) in [6.07, 6.45) is 0.205. The van der Waals surface area contributed by atoms with E-state index in [9.17, 15) is 4.57 Å². The van der Waals surface area contributed by atoms with Gasteiger partial charge in [0.2, 0.25) is 0 Å². The highest BCUT2D eigenvalue weighted by Gasteiger charge is 2.30. The van der Waals surface area contributed by atoms with Crippen molar-refractivity contribution in [2.45, 2.75) is 20.0 Å². The van der Waals surface area contributed by atoms with Crippen molar-refractivity contribution < 1.29 is 13.6 Å². The fourth-order valence-corrected chi connectivity index (χ4v) is 4.34. The fourth-order valence-electron chi connectivity index (χ4n) is 2.51. The van der Waals surface area contributed by atoms with Crippen molar-refractivity contribution in [1.29, 1.82) is 0 Å². The molecule has 0 amide bonds. The van der Waals surface area contributed by atoms with Gasteiger partial charge < -0.3 is 9.05 Å². The standard InChI is InChI=1S/C21H21O3P/c1-17-10-6-8-14-20(17)23-25(22,16-19-12-4-3-5-13-19)24-21-15-9-7-11-18(21)2/h3-15H,16H2,1-2H3. The lowest BCUT2D eigenvalue weighted by atomic mass is 10.2. The smallest absolute Gasteiger partial charge is 0.416 e. The Labute approximate surface area is 148 Å². The lowest BCUT2D eigenvalue weighted by molar-refractivity contribution is 0.382. The number of para-hydroxylation sites is 2. The topological polar surface area (TPSA) is 35.5 Å². The van der Waals surface area contributed by atoms with Crippen molar-refractivity contribution in [1.82, 2.24) is 0 Å². The Hall–Kier alpha value is -2.51. The van der Waals surface area contributed by atoms with Crippen LogP contribution in [0.3, 0.4) is 0 Å². The average Bonchev–Trinajstić information content (AvgIpc) is 2.60. The number of benzene rings is 3. The van der Waals surface area contributed by atoms with Gasteiger partial charge in [-0.25, -0.2) is 4.57 Å². The SMILES string of the molecule is Cc1ccccc1OP(=O)(Cc1ccccc1)Oc1ccccc1C. The molecule has 0 aliphatic heterocycles. The van der Waals surface area contributed by atoms with Gasteiger partial charge in [-0.3, -0.25) is 0 Å². The molecule has 0 aliphatic rings. The van der Waals surface area contributed by atoms with E-state index in [-0.39, 0.29) is 6.16 Å². The first-order valence-corrected chi connectivity index (χ1v) is 9.92. The van der Waals surface area contributed by atoms with Crippen molar-refractivity contribution in [3.05, 3.63) is 95.6 Å². The molecule has 0 aromatic heterocycles. The average molecular weight is 352 g/mol. The summed E-state index contributed by atoms with van der Waals surface area (Å²) in [6, 6.07) is 24.7. The van der Waals surface area contributed by atoms with E-state index in [0.717, 1.165) is 16.7 Å². The fraction of sp³-hybridized carbons (Fsp3) is 0.143. The summed E-state index contributed by atoms with van der Waals surface area (Å²) in [5, 5.41) is 0. The van der Waals surface area contributed by atoms with Crippen LogP contribution in [0.4, 0.5) is 0 Å². The summed E-state index contributed by atoms with van der Waals surface area (Å²) in [5.74, 6) is 1.16. The van der Waals surface area contributed by atoms with Crippen LogP contribution in [0.15, 0.2) is 78.9 Å². The van der Waals surface area contributed by atoms with E-state index < -0.39 is 7.60 Å². The van der Waals surface area contributed by atoms with Crippen LogP contribution in [0.2, 0.25) is 0 Å². The molecular formula is C21H21O3P. The highest BCUT2D eigenvalue weighted by atomic mass is 31.2. The van der Waals surface area contributed by atoms with Gasteiger partial charge >= 0.3 is 7.60 Å². The molecule has 25 heavy (non-hydrogen) atoms. The molecular weight excluding hydrogens is 331 g/mol. The summed E-state index contributed by atoms with van der Waals surface area (Å²) in [7, 11) is -3.44. The molecule has 0 saturated carbocycles. The van der Waals surface area contributed by atoms with E-state index in [4.69, 9.17) is 9.05 Å². The maximum Gasteiger partial charge on any atom is 0.435 e. The van der Waals surface area contributed by atoms with Crippen LogP contribution in [0.25, 0.3) is 0 Å². The quantitative estimate of drug-likeness (QED) is 0.499.